The largest absolute Gasteiger partial charge is 0.497 e. The van der Waals surface area contributed by atoms with Crippen molar-refractivity contribution in [3.8, 4) is 11.8 Å². The molecule has 1 N–H and O–H groups in total. The smallest absolute Gasteiger partial charge is 0.156 e. The molecule has 1 saturated carbocycles. The summed E-state index contributed by atoms with van der Waals surface area (Å²) in [6, 6.07) is 9.97. The van der Waals surface area contributed by atoms with Gasteiger partial charge in [-0.2, -0.15) is 5.26 Å². The molecular formula is C15H16N4O. The van der Waals surface area contributed by atoms with E-state index in [0.717, 1.165) is 17.1 Å². The van der Waals surface area contributed by atoms with Gasteiger partial charge in [-0.05, 0) is 37.1 Å². The summed E-state index contributed by atoms with van der Waals surface area (Å²) in [5, 5.41) is 12.6. The first-order valence-electron chi connectivity index (χ1n) is 6.63. The number of rotatable bonds is 5. The Bertz CT molecular complexity index is 622. The predicted molar refractivity (Wildman–Crippen MR) is 75.5 cm³/mol. The molecule has 1 heterocycles. The molecule has 1 fully saturated rings. The minimum atomic E-state index is -0.397. The molecule has 0 spiro atoms. The number of nitriles is 1. The molecule has 5 nitrogen and oxygen atoms in total. The Kier molecular flexibility index (Phi) is 3.30. The molecule has 1 aliphatic carbocycles. The Labute approximate surface area is 117 Å². The van der Waals surface area contributed by atoms with Gasteiger partial charge in [-0.25, -0.2) is 4.98 Å². The Morgan fingerprint density at radius 1 is 1.40 bits per heavy atom. The first kappa shape index (κ1) is 12.5. The van der Waals surface area contributed by atoms with Crippen LogP contribution in [0.5, 0.6) is 5.75 Å². The van der Waals surface area contributed by atoms with Crippen LogP contribution in [0.25, 0.3) is 0 Å². The van der Waals surface area contributed by atoms with Gasteiger partial charge in [-0.3, -0.25) is 0 Å². The van der Waals surface area contributed by atoms with E-state index in [-0.39, 0.29) is 0 Å². The van der Waals surface area contributed by atoms with Gasteiger partial charge in [-0.15, -0.1) is 0 Å². The van der Waals surface area contributed by atoms with Crippen LogP contribution >= 0.6 is 0 Å². The monoisotopic (exact) mass is 268 g/mol. The van der Waals surface area contributed by atoms with Crippen molar-refractivity contribution in [3.05, 3.63) is 42.5 Å². The molecule has 102 valence electrons. The highest BCUT2D eigenvalue weighted by Crippen LogP contribution is 2.37. The van der Waals surface area contributed by atoms with Gasteiger partial charge in [0.2, 0.25) is 0 Å². The van der Waals surface area contributed by atoms with Crippen molar-refractivity contribution >= 4 is 5.69 Å². The standard InChI is InChI=1S/C15H16N4O/c1-20-13-6-2-11(3-7-13)18-14(8-16)15-9-17-10-19(15)12-4-5-12/h2-3,6-7,9-10,12,14,18H,4-5H2,1H3. The average Bonchev–Trinajstić information content (AvgIpc) is 3.23. The van der Waals surface area contributed by atoms with E-state index >= 15 is 0 Å². The Morgan fingerprint density at radius 3 is 2.75 bits per heavy atom. The first-order chi connectivity index (χ1) is 9.81. The van der Waals surface area contributed by atoms with Crippen LogP contribution in [0, 0.1) is 11.3 Å². The Balaban J connectivity index is 1.79. The van der Waals surface area contributed by atoms with Crippen molar-refractivity contribution in [2.45, 2.75) is 24.9 Å². The van der Waals surface area contributed by atoms with Gasteiger partial charge in [0.15, 0.2) is 6.04 Å². The van der Waals surface area contributed by atoms with E-state index in [0.29, 0.717) is 6.04 Å². The summed E-state index contributed by atoms with van der Waals surface area (Å²) in [5.74, 6) is 0.798. The number of hydrogen-bond donors (Lipinski definition) is 1. The molecule has 2 aromatic rings. The van der Waals surface area contributed by atoms with Crippen LogP contribution < -0.4 is 10.1 Å². The number of imidazole rings is 1. The number of nitrogens with one attached hydrogen (secondary N) is 1. The van der Waals surface area contributed by atoms with Crippen LogP contribution in [-0.2, 0) is 0 Å². The number of anilines is 1. The normalized spacial score (nSPS) is 15.4. The SMILES string of the molecule is COc1ccc(NC(C#N)c2cncn2C2CC2)cc1. The van der Waals surface area contributed by atoms with Crippen LogP contribution in [0.2, 0.25) is 0 Å². The number of methoxy groups -OCH3 is 1. The number of ether oxygens (including phenoxy) is 1. The summed E-state index contributed by atoms with van der Waals surface area (Å²) in [7, 11) is 1.63. The van der Waals surface area contributed by atoms with Crippen LogP contribution in [0.1, 0.15) is 30.6 Å². The first-order valence-corrected chi connectivity index (χ1v) is 6.63. The van der Waals surface area contributed by atoms with Gasteiger partial charge in [-0.1, -0.05) is 0 Å². The van der Waals surface area contributed by atoms with Crippen molar-refractivity contribution in [2.75, 3.05) is 12.4 Å². The van der Waals surface area contributed by atoms with Gasteiger partial charge in [0.25, 0.3) is 0 Å². The second-order valence-electron chi connectivity index (χ2n) is 4.89. The predicted octanol–water partition coefficient (Wildman–Crippen LogP) is 2.90. The minimum absolute atomic E-state index is 0.397. The summed E-state index contributed by atoms with van der Waals surface area (Å²) in [6.45, 7) is 0. The zero-order valence-corrected chi connectivity index (χ0v) is 11.3. The lowest BCUT2D eigenvalue weighted by Gasteiger charge is -2.15. The molecule has 1 unspecified atom stereocenters. The van der Waals surface area contributed by atoms with Gasteiger partial charge in [0, 0.05) is 11.7 Å². The lowest BCUT2D eigenvalue weighted by Crippen LogP contribution is -2.13. The molecule has 0 saturated heterocycles. The summed E-state index contributed by atoms with van der Waals surface area (Å²) in [4.78, 5) is 4.17. The summed E-state index contributed by atoms with van der Waals surface area (Å²) in [6.07, 6.45) is 5.92. The fraction of sp³-hybridized carbons (Fsp3) is 0.333. The van der Waals surface area contributed by atoms with E-state index in [1.807, 2.05) is 30.6 Å². The van der Waals surface area contributed by atoms with Crippen LogP contribution in [-0.4, -0.2) is 16.7 Å². The quantitative estimate of drug-likeness (QED) is 0.905. The molecule has 1 aromatic carbocycles. The fourth-order valence-corrected chi connectivity index (χ4v) is 2.22. The maximum absolute atomic E-state index is 9.41. The number of nitrogens with zero attached hydrogens (tertiary/aromatic N) is 3. The van der Waals surface area contributed by atoms with Gasteiger partial charge < -0.3 is 14.6 Å². The van der Waals surface area contributed by atoms with E-state index in [4.69, 9.17) is 4.74 Å². The number of benzene rings is 1. The van der Waals surface area contributed by atoms with Crippen molar-refractivity contribution in [2.24, 2.45) is 0 Å². The lowest BCUT2D eigenvalue weighted by molar-refractivity contribution is 0.415. The fourth-order valence-electron chi connectivity index (χ4n) is 2.22. The van der Waals surface area contributed by atoms with Crippen molar-refractivity contribution in [3.63, 3.8) is 0 Å². The molecule has 1 atom stereocenters. The maximum atomic E-state index is 9.41. The van der Waals surface area contributed by atoms with Gasteiger partial charge in [0.1, 0.15) is 5.75 Å². The van der Waals surface area contributed by atoms with E-state index in [2.05, 4.69) is 20.9 Å². The third-order valence-electron chi connectivity index (χ3n) is 3.46. The van der Waals surface area contributed by atoms with Gasteiger partial charge >= 0.3 is 0 Å². The molecule has 5 heteroatoms. The number of aromatic nitrogens is 2. The summed E-state index contributed by atoms with van der Waals surface area (Å²) in [5.41, 5.74) is 1.81. The molecule has 0 amide bonds. The van der Waals surface area contributed by atoms with E-state index in [1.54, 1.807) is 13.3 Å². The van der Waals surface area contributed by atoms with Crippen molar-refractivity contribution in [1.82, 2.24) is 9.55 Å². The Hall–Kier alpha value is -2.48. The molecule has 0 aliphatic heterocycles. The molecule has 20 heavy (non-hydrogen) atoms. The van der Waals surface area contributed by atoms with Crippen LogP contribution in [0.3, 0.4) is 0 Å². The van der Waals surface area contributed by atoms with E-state index < -0.39 is 6.04 Å². The average molecular weight is 268 g/mol. The molecule has 1 aliphatic rings. The Morgan fingerprint density at radius 2 is 2.15 bits per heavy atom. The van der Waals surface area contributed by atoms with E-state index in [9.17, 15) is 5.26 Å². The van der Waals surface area contributed by atoms with Crippen molar-refractivity contribution in [1.29, 1.82) is 5.26 Å². The molecular weight excluding hydrogens is 252 g/mol. The second kappa shape index (κ2) is 5.25. The molecule has 0 radical (unpaired) electrons. The minimum Gasteiger partial charge on any atom is -0.497 e. The van der Waals surface area contributed by atoms with Crippen LogP contribution in [0.4, 0.5) is 5.69 Å². The maximum Gasteiger partial charge on any atom is 0.156 e. The zero-order valence-electron chi connectivity index (χ0n) is 11.3. The lowest BCUT2D eigenvalue weighted by atomic mass is 10.2. The third kappa shape index (κ3) is 2.45. The highest BCUT2D eigenvalue weighted by Gasteiger charge is 2.27. The number of hydrogen-bond acceptors (Lipinski definition) is 4. The summed E-state index contributed by atoms with van der Waals surface area (Å²) < 4.78 is 7.23. The molecule has 0 bridgehead atoms. The van der Waals surface area contributed by atoms with Crippen molar-refractivity contribution < 1.29 is 4.74 Å². The highest BCUT2D eigenvalue weighted by atomic mass is 16.5. The zero-order chi connectivity index (χ0) is 13.9. The molecule has 3 rings (SSSR count). The molecule has 1 aromatic heterocycles. The third-order valence-corrected chi connectivity index (χ3v) is 3.46. The van der Waals surface area contributed by atoms with E-state index in [1.165, 1.54) is 12.8 Å². The summed E-state index contributed by atoms with van der Waals surface area (Å²) >= 11 is 0. The second-order valence-corrected chi connectivity index (χ2v) is 4.89. The van der Waals surface area contributed by atoms with Crippen LogP contribution in [0.15, 0.2) is 36.8 Å². The van der Waals surface area contributed by atoms with Gasteiger partial charge in [0.05, 0.1) is 31.4 Å². The topological polar surface area (TPSA) is 62.9 Å². The highest BCUT2D eigenvalue weighted by molar-refractivity contribution is 5.49.